The van der Waals surface area contributed by atoms with E-state index in [9.17, 15) is 4.79 Å². The second-order valence-electron chi connectivity index (χ2n) is 5.47. The van der Waals surface area contributed by atoms with Gasteiger partial charge in [0, 0.05) is 13.1 Å². The van der Waals surface area contributed by atoms with Gasteiger partial charge in [0.2, 0.25) is 5.91 Å². The molecule has 1 aromatic carbocycles. The lowest BCUT2D eigenvalue weighted by Crippen LogP contribution is -2.32. The number of hydrogen-bond acceptors (Lipinski definition) is 5. The van der Waals surface area contributed by atoms with E-state index in [4.69, 9.17) is 0 Å². The van der Waals surface area contributed by atoms with Crippen LogP contribution in [0.3, 0.4) is 0 Å². The van der Waals surface area contributed by atoms with Gasteiger partial charge in [0.25, 0.3) is 0 Å². The number of amides is 1. The number of hydrogen-bond donors (Lipinski definition) is 0. The van der Waals surface area contributed by atoms with Gasteiger partial charge in [-0.2, -0.15) is 5.10 Å². The first-order valence-electron chi connectivity index (χ1n) is 8.11. The normalized spacial score (nSPS) is 10.6. The Morgan fingerprint density at radius 1 is 1.15 bits per heavy atom. The Labute approximate surface area is 156 Å². The van der Waals surface area contributed by atoms with Crippen LogP contribution in [0.1, 0.15) is 0 Å². The topological polar surface area (TPSA) is 63.9 Å². The van der Waals surface area contributed by atoms with Crippen molar-refractivity contribution < 1.29 is 4.79 Å². The highest BCUT2D eigenvalue weighted by Gasteiger charge is 2.15. The van der Waals surface area contributed by atoms with E-state index in [0.29, 0.717) is 13.1 Å². The summed E-state index contributed by atoms with van der Waals surface area (Å²) in [5.74, 6) is 0.293. The first kappa shape index (κ1) is 17.9. The number of benzene rings is 1. The lowest BCUT2D eigenvalue weighted by atomic mass is 10.3. The highest BCUT2D eigenvalue weighted by atomic mass is 32.2. The second kappa shape index (κ2) is 8.44. The monoisotopic (exact) mass is 365 g/mol. The molecule has 0 N–H and O–H groups in total. The Morgan fingerprint density at radius 2 is 1.88 bits per heavy atom. The van der Waals surface area contributed by atoms with Crippen LogP contribution in [0.15, 0.2) is 73.2 Å². The summed E-state index contributed by atoms with van der Waals surface area (Å²) in [5.41, 5.74) is 1.64. The molecule has 132 valence electrons. The molecule has 6 nitrogen and oxygen atoms in total. The van der Waals surface area contributed by atoms with Gasteiger partial charge in [-0.3, -0.25) is 4.79 Å². The molecule has 2 heterocycles. The van der Waals surface area contributed by atoms with Crippen LogP contribution in [-0.4, -0.2) is 49.4 Å². The molecule has 0 unspecified atom stereocenters. The summed E-state index contributed by atoms with van der Waals surface area (Å²) in [4.78, 5) is 22.8. The fraction of sp³-hybridized carbons (Fsp3) is 0.158. The third kappa shape index (κ3) is 3.83. The summed E-state index contributed by atoms with van der Waals surface area (Å²) in [6.45, 7) is 8.37. The molecule has 0 atom stereocenters. The van der Waals surface area contributed by atoms with Gasteiger partial charge in [-0.15, -0.1) is 13.2 Å². The Balaban J connectivity index is 1.81. The number of carbonyl (C=O) groups excluding carboxylic acids is 1. The van der Waals surface area contributed by atoms with Gasteiger partial charge < -0.3 is 4.90 Å². The highest BCUT2D eigenvalue weighted by molar-refractivity contribution is 8.00. The van der Waals surface area contributed by atoms with Crippen molar-refractivity contribution in [2.24, 2.45) is 0 Å². The van der Waals surface area contributed by atoms with Crippen molar-refractivity contribution in [2.75, 3.05) is 18.8 Å². The van der Waals surface area contributed by atoms with Crippen molar-refractivity contribution in [3.05, 3.63) is 68.2 Å². The Kier molecular flexibility index (Phi) is 5.80. The van der Waals surface area contributed by atoms with Crippen LogP contribution >= 0.6 is 11.8 Å². The lowest BCUT2D eigenvalue weighted by Gasteiger charge is -2.18. The molecular weight excluding hydrogens is 346 g/mol. The zero-order valence-electron chi connectivity index (χ0n) is 14.3. The summed E-state index contributed by atoms with van der Waals surface area (Å²) >= 11 is 1.38. The Morgan fingerprint density at radius 3 is 2.58 bits per heavy atom. The second-order valence-corrected chi connectivity index (χ2v) is 6.44. The van der Waals surface area contributed by atoms with Crippen molar-refractivity contribution >= 4 is 28.7 Å². The largest absolute Gasteiger partial charge is 0.335 e. The number of nitrogens with zero attached hydrogens (tertiary/aromatic N) is 5. The Bertz CT molecular complexity index is 912. The van der Waals surface area contributed by atoms with E-state index < -0.39 is 0 Å². The summed E-state index contributed by atoms with van der Waals surface area (Å²) < 4.78 is 1.77. The SMILES string of the molecule is C=CCN(CC=C)C(=O)CSc1ncnc2c1cnn2-c1ccccc1. The van der Waals surface area contributed by atoms with Gasteiger partial charge >= 0.3 is 0 Å². The molecule has 0 aliphatic rings. The van der Waals surface area contributed by atoms with Crippen molar-refractivity contribution in [3.63, 3.8) is 0 Å². The standard InChI is InChI=1S/C19H19N5OS/c1-3-10-23(11-4-2)17(25)13-26-19-16-12-22-24(18(16)20-14-21-19)15-8-6-5-7-9-15/h3-9,12,14H,1-2,10-11,13H2. The van der Waals surface area contributed by atoms with Gasteiger partial charge in [-0.1, -0.05) is 42.1 Å². The maximum Gasteiger partial charge on any atom is 0.233 e. The average Bonchev–Trinajstić information content (AvgIpc) is 3.11. The maximum atomic E-state index is 12.4. The average molecular weight is 365 g/mol. The molecule has 1 amide bonds. The minimum atomic E-state index is 0.0111. The summed E-state index contributed by atoms with van der Waals surface area (Å²) in [7, 11) is 0. The summed E-state index contributed by atoms with van der Waals surface area (Å²) in [6.07, 6.45) is 6.65. The molecule has 26 heavy (non-hydrogen) atoms. The van der Waals surface area contributed by atoms with Crippen LogP contribution in [0.2, 0.25) is 0 Å². The minimum absolute atomic E-state index is 0.0111. The van der Waals surface area contributed by atoms with Crippen LogP contribution < -0.4 is 0 Å². The molecule has 0 fully saturated rings. The number of fused-ring (bicyclic) bond motifs is 1. The molecule has 0 radical (unpaired) electrons. The Hall–Kier alpha value is -2.93. The van der Waals surface area contributed by atoms with Crippen molar-refractivity contribution in [1.82, 2.24) is 24.6 Å². The van der Waals surface area contributed by atoms with Crippen LogP contribution in [-0.2, 0) is 4.79 Å². The summed E-state index contributed by atoms with van der Waals surface area (Å²) in [6, 6.07) is 9.79. The molecule has 3 aromatic rings. The molecule has 2 aromatic heterocycles. The molecular formula is C19H19N5OS. The minimum Gasteiger partial charge on any atom is -0.335 e. The molecule has 7 heteroatoms. The number of rotatable bonds is 8. The van der Waals surface area contributed by atoms with Crippen molar-refractivity contribution in [2.45, 2.75) is 5.03 Å². The molecule has 0 bridgehead atoms. The van der Waals surface area contributed by atoms with E-state index in [0.717, 1.165) is 21.7 Å². The molecule has 0 aliphatic heterocycles. The van der Waals surface area contributed by atoms with Gasteiger partial charge in [0.15, 0.2) is 5.65 Å². The van der Waals surface area contributed by atoms with Crippen LogP contribution in [0.5, 0.6) is 0 Å². The summed E-state index contributed by atoms with van der Waals surface area (Å²) in [5, 5.41) is 5.99. The zero-order valence-corrected chi connectivity index (χ0v) is 15.1. The number of aromatic nitrogens is 4. The van der Waals surface area contributed by atoms with Crippen molar-refractivity contribution in [1.29, 1.82) is 0 Å². The van der Waals surface area contributed by atoms with E-state index in [2.05, 4.69) is 28.2 Å². The van der Waals surface area contributed by atoms with Crippen LogP contribution in [0.25, 0.3) is 16.7 Å². The number of carbonyl (C=O) groups is 1. The van der Waals surface area contributed by atoms with Gasteiger partial charge in [0.1, 0.15) is 11.4 Å². The molecule has 0 aliphatic carbocycles. The van der Waals surface area contributed by atoms with Gasteiger partial charge in [-0.05, 0) is 12.1 Å². The third-order valence-electron chi connectivity index (χ3n) is 3.71. The lowest BCUT2D eigenvalue weighted by molar-refractivity contribution is -0.127. The van der Waals surface area contributed by atoms with E-state index in [-0.39, 0.29) is 11.7 Å². The smallest absolute Gasteiger partial charge is 0.233 e. The zero-order chi connectivity index (χ0) is 18.4. The van der Waals surface area contributed by atoms with Crippen LogP contribution in [0, 0.1) is 0 Å². The van der Waals surface area contributed by atoms with Crippen molar-refractivity contribution in [3.8, 4) is 5.69 Å². The fourth-order valence-corrected chi connectivity index (χ4v) is 3.37. The fourth-order valence-electron chi connectivity index (χ4n) is 2.51. The van der Waals surface area contributed by atoms with Crippen LogP contribution in [0.4, 0.5) is 0 Å². The molecule has 3 rings (SSSR count). The molecule has 0 saturated carbocycles. The van der Waals surface area contributed by atoms with E-state index in [1.54, 1.807) is 27.9 Å². The first-order chi connectivity index (χ1) is 12.7. The molecule has 0 spiro atoms. The van der Waals surface area contributed by atoms with Gasteiger partial charge in [0.05, 0.1) is 23.0 Å². The highest BCUT2D eigenvalue weighted by Crippen LogP contribution is 2.25. The molecule has 0 saturated heterocycles. The van der Waals surface area contributed by atoms with E-state index in [1.165, 1.54) is 18.1 Å². The maximum absolute atomic E-state index is 12.4. The predicted octanol–water partition coefficient (Wildman–Crippen LogP) is 3.11. The quantitative estimate of drug-likeness (QED) is 0.349. The first-order valence-corrected chi connectivity index (χ1v) is 9.09. The van der Waals surface area contributed by atoms with E-state index in [1.807, 2.05) is 30.3 Å². The number of thioether (sulfide) groups is 1. The predicted molar refractivity (Wildman–Crippen MR) is 104 cm³/mol. The number of para-hydroxylation sites is 1. The third-order valence-corrected chi connectivity index (χ3v) is 4.70. The van der Waals surface area contributed by atoms with E-state index >= 15 is 0 Å². The van der Waals surface area contributed by atoms with Gasteiger partial charge in [-0.25, -0.2) is 14.6 Å².